The van der Waals surface area contributed by atoms with Crippen molar-refractivity contribution in [2.45, 2.75) is 31.5 Å². The topological polar surface area (TPSA) is 64.4 Å². The number of aryl methyl sites for hydroxylation is 1. The summed E-state index contributed by atoms with van der Waals surface area (Å²) in [5.41, 5.74) is 6.04. The van der Waals surface area contributed by atoms with Gasteiger partial charge < -0.3 is 15.8 Å². The van der Waals surface area contributed by atoms with Gasteiger partial charge in [0.25, 0.3) is 5.91 Å². The minimum atomic E-state index is -0.873. The zero-order valence-corrected chi connectivity index (χ0v) is 11.0. The molecule has 4 atom stereocenters. The maximum absolute atomic E-state index is 13.7. The lowest BCUT2D eigenvalue weighted by Crippen LogP contribution is -2.69. The molecule has 1 aliphatic heterocycles. The Labute approximate surface area is 115 Å². The molecule has 4 unspecified atom stereocenters. The quantitative estimate of drug-likeness (QED) is 0.854. The van der Waals surface area contributed by atoms with Crippen LogP contribution >= 0.6 is 0 Å². The van der Waals surface area contributed by atoms with Gasteiger partial charge >= 0.3 is 0 Å². The highest BCUT2D eigenvalue weighted by molar-refractivity contribution is 5.95. The van der Waals surface area contributed by atoms with Gasteiger partial charge in [0, 0.05) is 24.6 Å². The molecule has 4 nitrogen and oxygen atoms in total. The van der Waals surface area contributed by atoms with Crippen molar-refractivity contribution in [2.75, 3.05) is 6.61 Å². The summed E-state index contributed by atoms with van der Waals surface area (Å²) in [6.07, 6.45) is 0.806. The standard InChI is InChI=1S/C14H16F2N2O2/c1-6-4-8(10(16)5-9(6)15)14(19)18-12-11(17)7-2-3-20-13(7)12/h4-5,7,11-13H,2-3,17H2,1H3,(H,18,19). The average Bonchev–Trinajstić information content (AvgIpc) is 2.84. The minimum Gasteiger partial charge on any atom is -0.376 e. The molecule has 0 radical (unpaired) electrons. The van der Waals surface area contributed by atoms with Crippen LogP contribution in [0.2, 0.25) is 0 Å². The maximum atomic E-state index is 13.7. The fourth-order valence-electron chi connectivity index (χ4n) is 2.99. The van der Waals surface area contributed by atoms with E-state index in [1.165, 1.54) is 13.0 Å². The second kappa shape index (κ2) is 4.79. The van der Waals surface area contributed by atoms with E-state index in [0.29, 0.717) is 6.61 Å². The molecule has 6 heteroatoms. The van der Waals surface area contributed by atoms with E-state index in [-0.39, 0.29) is 35.2 Å². The Morgan fingerprint density at radius 1 is 1.40 bits per heavy atom. The summed E-state index contributed by atoms with van der Waals surface area (Å²) < 4.78 is 32.3. The summed E-state index contributed by atoms with van der Waals surface area (Å²) in [6.45, 7) is 2.12. The van der Waals surface area contributed by atoms with E-state index in [4.69, 9.17) is 10.5 Å². The molecule has 1 saturated carbocycles. The minimum absolute atomic E-state index is 0.0847. The number of carbonyl (C=O) groups excluding carboxylic acids is 1. The van der Waals surface area contributed by atoms with E-state index in [0.717, 1.165) is 12.5 Å². The molecule has 1 aliphatic carbocycles. The van der Waals surface area contributed by atoms with E-state index in [1.54, 1.807) is 0 Å². The lowest BCUT2D eigenvalue weighted by Gasteiger charge is -2.45. The number of nitrogens with two attached hydrogens (primary N) is 1. The number of fused-ring (bicyclic) bond motifs is 1. The number of halogens is 2. The number of hydrogen-bond acceptors (Lipinski definition) is 3. The van der Waals surface area contributed by atoms with Crippen LogP contribution < -0.4 is 11.1 Å². The Balaban J connectivity index is 1.75. The van der Waals surface area contributed by atoms with E-state index in [1.807, 2.05) is 0 Å². The molecule has 0 aromatic heterocycles. The number of nitrogens with one attached hydrogen (secondary N) is 1. The van der Waals surface area contributed by atoms with E-state index in [2.05, 4.69) is 5.32 Å². The Hall–Kier alpha value is -1.53. The van der Waals surface area contributed by atoms with Gasteiger partial charge in [-0.1, -0.05) is 0 Å². The third-order valence-electron chi connectivity index (χ3n) is 4.24. The molecule has 2 aliphatic rings. The summed E-state index contributed by atoms with van der Waals surface area (Å²) in [6, 6.07) is 1.45. The lowest BCUT2D eigenvalue weighted by molar-refractivity contribution is -0.0161. The molecular formula is C14H16F2N2O2. The van der Waals surface area contributed by atoms with Gasteiger partial charge in [0.15, 0.2) is 0 Å². The predicted molar refractivity (Wildman–Crippen MR) is 68.2 cm³/mol. The molecule has 1 amide bonds. The summed E-state index contributed by atoms with van der Waals surface area (Å²) in [7, 11) is 0. The monoisotopic (exact) mass is 282 g/mol. The van der Waals surface area contributed by atoms with Crippen molar-refractivity contribution in [3.63, 3.8) is 0 Å². The Kier molecular flexibility index (Phi) is 3.22. The average molecular weight is 282 g/mol. The number of hydrogen-bond donors (Lipinski definition) is 2. The van der Waals surface area contributed by atoms with E-state index in [9.17, 15) is 13.6 Å². The van der Waals surface area contributed by atoms with Crippen molar-refractivity contribution in [2.24, 2.45) is 11.7 Å². The van der Waals surface area contributed by atoms with Crippen molar-refractivity contribution in [1.29, 1.82) is 0 Å². The SMILES string of the molecule is Cc1cc(C(=O)NC2C(N)C3CCOC32)c(F)cc1F. The van der Waals surface area contributed by atoms with Crippen LogP contribution in [0.1, 0.15) is 22.3 Å². The Morgan fingerprint density at radius 3 is 2.90 bits per heavy atom. The van der Waals surface area contributed by atoms with Gasteiger partial charge in [-0.05, 0) is 25.0 Å². The van der Waals surface area contributed by atoms with Gasteiger partial charge in [0.1, 0.15) is 11.6 Å². The first kappa shape index (κ1) is 13.5. The van der Waals surface area contributed by atoms with Gasteiger partial charge in [-0.15, -0.1) is 0 Å². The summed E-state index contributed by atoms with van der Waals surface area (Å²) in [5.74, 6) is -1.86. The molecule has 2 fully saturated rings. The van der Waals surface area contributed by atoms with Crippen LogP contribution in [0.5, 0.6) is 0 Å². The highest BCUT2D eigenvalue weighted by Crippen LogP contribution is 2.37. The normalized spacial score (nSPS) is 31.6. The molecule has 1 aromatic carbocycles. The smallest absolute Gasteiger partial charge is 0.254 e. The Bertz CT molecular complexity index is 564. The zero-order chi connectivity index (χ0) is 14.4. The van der Waals surface area contributed by atoms with Crippen LogP contribution in [-0.2, 0) is 4.74 Å². The zero-order valence-electron chi connectivity index (χ0n) is 11.0. The van der Waals surface area contributed by atoms with Gasteiger partial charge in [-0.3, -0.25) is 4.79 Å². The first-order chi connectivity index (χ1) is 9.49. The predicted octanol–water partition coefficient (Wildman–Crippen LogP) is 1.12. The van der Waals surface area contributed by atoms with Crippen molar-refractivity contribution in [3.8, 4) is 0 Å². The summed E-state index contributed by atoms with van der Waals surface area (Å²) in [4.78, 5) is 12.1. The van der Waals surface area contributed by atoms with E-state index < -0.39 is 17.5 Å². The molecule has 20 heavy (non-hydrogen) atoms. The number of carbonyl (C=O) groups is 1. The first-order valence-electron chi connectivity index (χ1n) is 6.62. The lowest BCUT2D eigenvalue weighted by atomic mass is 9.72. The number of amides is 1. The van der Waals surface area contributed by atoms with Crippen LogP contribution in [0, 0.1) is 24.5 Å². The molecule has 1 heterocycles. The molecule has 1 saturated heterocycles. The third-order valence-corrected chi connectivity index (χ3v) is 4.24. The Morgan fingerprint density at radius 2 is 2.15 bits per heavy atom. The third kappa shape index (κ3) is 1.99. The van der Waals surface area contributed by atoms with Crippen molar-refractivity contribution >= 4 is 5.91 Å². The van der Waals surface area contributed by atoms with Crippen LogP contribution in [-0.4, -0.2) is 30.7 Å². The van der Waals surface area contributed by atoms with Crippen LogP contribution in [0.3, 0.4) is 0 Å². The molecular weight excluding hydrogens is 266 g/mol. The number of rotatable bonds is 2. The first-order valence-corrected chi connectivity index (χ1v) is 6.62. The number of benzene rings is 1. The van der Waals surface area contributed by atoms with Gasteiger partial charge in [-0.2, -0.15) is 0 Å². The fourth-order valence-corrected chi connectivity index (χ4v) is 2.99. The highest BCUT2D eigenvalue weighted by Gasteiger charge is 2.52. The molecule has 1 aromatic rings. The van der Waals surface area contributed by atoms with Crippen molar-refractivity contribution in [1.82, 2.24) is 5.32 Å². The molecule has 108 valence electrons. The van der Waals surface area contributed by atoms with E-state index >= 15 is 0 Å². The van der Waals surface area contributed by atoms with Crippen molar-refractivity contribution < 1.29 is 18.3 Å². The fraction of sp³-hybridized carbons (Fsp3) is 0.500. The van der Waals surface area contributed by atoms with Gasteiger partial charge in [0.2, 0.25) is 0 Å². The second-order valence-electron chi connectivity index (χ2n) is 5.45. The van der Waals surface area contributed by atoms with Crippen LogP contribution in [0.25, 0.3) is 0 Å². The summed E-state index contributed by atoms with van der Waals surface area (Å²) >= 11 is 0. The second-order valence-corrected chi connectivity index (χ2v) is 5.45. The maximum Gasteiger partial charge on any atom is 0.254 e. The molecule has 0 bridgehead atoms. The molecule has 3 rings (SSSR count). The highest BCUT2D eigenvalue weighted by atomic mass is 19.1. The van der Waals surface area contributed by atoms with Crippen LogP contribution in [0.15, 0.2) is 12.1 Å². The van der Waals surface area contributed by atoms with Crippen LogP contribution in [0.4, 0.5) is 8.78 Å². The summed E-state index contributed by atoms with van der Waals surface area (Å²) in [5, 5.41) is 2.69. The van der Waals surface area contributed by atoms with Gasteiger partial charge in [-0.25, -0.2) is 8.78 Å². The molecule has 0 spiro atoms. The number of ether oxygens (including phenoxy) is 1. The van der Waals surface area contributed by atoms with Gasteiger partial charge in [0.05, 0.1) is 17.7 Å². The largest absolute Gasteiger partial charge is 0.376 e. The molecule has 3 N–H and O–H groups in total. The van der Waals surface area contributed by atoms with Crippen molar-refractivity contribution in [3.05, 3.63) is 34.9 Å².